The fourth-order valence-electron chi connectivity index (χ4n) is 1.51. The topological polar surface area (TPSA) is 26.3 Å². The molecule has 2 rings (SSSR count). The molecule has 1 atom stereocenters. The van der Waals surface area contributed by atoms with Crippen LogP contribution in [-0.4, -0.2) is 5.97 Å². The lowest BCUT2D eigenvalue weighted by molar-refractivity contribution is -0.145. The fraction of sp³-hybridized carbons (Fsp3) is 0.250. The van der Waals surface area contributed by atoms with Gasteiger partial charge in [0.1, 0.15) is 6.10 Å². The molecule has 0 saturated carbocycles. The highest BCUT2D eigenvalue weighted by atomic mass is 16.5. The third kappa shape index (κ3) is 1.69. The minimum Gasteiger partial charge on any atom is -0.454 e. The Kier molecular flexibility index (Phi) is 2.35. The Morgan fingerprint density at radius 2 is 2.00 bits per heavy atom. The van der Waals surface area contributed by atoms with Crippen molar-refractivity contribution >= 4 is 5.97 Å². The van der Waals surface area contributed by atoms with Crippen LogP contribution in [-0.2, 0) is 9.53 Å². The summed E-state index contributed by atoms with van der Waals surface area (Å²) in [5, 5.41) is 0. The van der Waals surface area contributed by atoms with Crippen LogP contribution in [0.25, 0.3) is 0 Å². The van der Waals surface area contributed by atoms with E-state index in [0.717, 1.165) is 12.0 Å². The van der Waals surface area contributed by atoms with Gasteiger partial charge in [0.15, 0.2) is 0 Å². The molecule has 0 fully saturated rings. The second-order valence-corrected chi connectivity index (χ2v) is 3.43. The molecule has 2 heteroatoms. The lowest BCUT2D eigenvalue weighted by Gasteiger charge is -2.21. The first-order valence-corrected chi connectivity index (χ1v) is 4.70. The lowest BCUT2D eigenvalue weighted by atomic mass is 10.0. The first-order valence-electron chi connectivity index (χ1n) is 4.70. The Morgan fingerprint density at radius 3 is 2.64 bits per heavy atom. The van der Waals surface area contributed by atoms with E-state index < -0.39 is 0 Å². The molecule has 1 aliphatic rings. The van der Waals surface area contributed by atoms with Gasteiger partial charge in [-0.2, -0.15) is 0 Å². The molecule has 1 unspecified atom stereocenters. The number of benzene rings is 1. The van der Waals surface area contributed by atoms with Crippen LogP contribution in [0.2, 0.25) is 0 Å². The van der Waals surface area contributed by atoms with Gasteiger partial charge in [-0.05, 0) is 12.5 Å². The van der Waals surface area contributed by atoms with Crippen molar-refractivity contribution < 1.29 is 9.53 Å². The van der Waals surface area contributed by atoms with Crippen LogP contribution in [0.5, 0.6) is 0 Å². The molecule has 1 aromatic carbocycles. The zero-order valence-corrected chi connectivity index (χ0v) is 8.07. The van der Waals surface area contributed by atoms with E-state index >= 15 is 0 Å². The van der Waals surface area contributed by atoms with Crippen molar-refractivity contribution in [3.63, 3.8) is 0 Å². The highest BCUT2D eigenvalue weighted by molar-refractivity contribution is 5.88. The van der Waals surface area contributed by atoms with Crippen LogP contribution >= 0.6 is 0 Å². The first kappa shape index (κ1) is 9.00. The van der Waals surface area contributed by atoms with Crippen molar-refractivity contribution in [2.45, 2.75) is 19.4 Å². The molecule has 14 heavy (non-hydrogen) atoms. The van der Waals surface area contributed by atoms with Gasteiger partial charge >= 0.3 is 5.97 Å². The highest BCUT2D eigenvalue weighted by Crippen LogP contribution is 2.26. The SMILES string of the molecule is CC1=CCC(c2ccccc2)OC1=O. The van der Waals surface area contributed by atoms with Gasteiger partial charge in [0, 0.05) is 12.0 Å². The maximum atomic E-state index is 11.3. The molecular formula is C12H12O2. The van der Waals surface area contributed by atoms with Gasteiger partial charge in [-0.25, -0.2) is 4.79 Å². The summed E-state index contributed by atoms with van der Waals surface area (Å²) in [4.78, 5) is 11.3. The number of esters is 1. The maximum absolute atomic E-state index is 11.3. The van der Waals surface area contributed by atoms with Crippen molar-refractivity contribution in [2.75, 3.05) is 0 Å². The molecule has 72 valence electrons. The van der Waals surface area contributed by atoms with E-state index in [1.807, 2.05) is 36.4 Å². The number of ether oxygens (including phenoxy) is 1. The molecule has 0 amide bonds. The minimum atomic E-state index is -0.204. The van der Waals surface area contributed by atoms with Crippen LogP contribution in [0, 0.1) is 0 Å². The smallest absolute Gasteiger partial charge is 0.334 e. The van der Waals surface area contributed by atoms with Crippen molar-refractivity contribution in [3.8, 4) is 0 Å². The van der Waals surface area contributed by atoms with Gasteiger partial charge in [-0.15, -0.1) is 0 Å². The number of rotatable bonds is 1. The molecule has 1 aliphatic heterocycles. The Bertz CT molecular complexity index is 365. The summed E-state index contributed by atoms with van der Waals surface area (Å²) < 4.78 is 5.28. The molecule has 1 aromatic rings. The molecular weight excluding hydrogens is 176 g/mol. The number of hydrogen-bond acceptors (Lipinski definition) is 2. The van der Waals surface area contributed by atoms with Gasteiger partial charge in [-0.3, -0.25) is 0 Å². The molecule has 2 nitrogen and oxygen atoms in total. The molecule has 0 radical (unpaired) electrons. The number of hydrogen-bond donors (Lipinski definition) is 0. The standard InChI is InChI=1S/C12H12O2/c1-9-7-8-11(14-12(9)13)10-5-3-2-4-6-10/h2-7,11H,8H2,1H3. The fourth-order valence-corrected chi connectivity index (χ4v) is 1.51. The number of carbonyl (C=O) groups is 1. The normalized spacial score (nSPS) is 21.4. The predicted octanol–water partition coefficient (Wildman–Crippen LogP) is 2.62. The Morgan fingerprint density at radius 1 is 1.29 bits per heavy atom. The van der Waals surface area contributed by atoms with E-state index in [-0.39, 0.29) is 12.1 Å². The monoisotopic (exact) mass is 188 g/mol. The predicted molar refractivity (Wildman–Crippen MR) is 53.6 cm³/mol. The summed E-state index contributed by atoms with van der Waals surface area (Å²) in [6.07, 6.45) is 2.61. The van der Waals surface area contributed by atoms with E-state index in [1.165, 1.54) is 0 Å². The van der Waals surface area contributed by atoms with E-state index in [1.54, 1.807) is 6.92 Å². The second kappa shape index (κ2) is 3.66. The van der Waals surface area contributed by atoms with Gasteiger partial charge in [0.2, 0.25) is 0 Å². The third-order valence-corrected chi connectivity index (χ3v) is 2.38. The molecule has 1 heterocycles. The average Bonchev–Trinajstić information content (AvgIpc) is 2.23. The molecule has 0 aliphatic carbocycles. The number of cyclic esters (lactones) is 1. The van der Waals surface area contributed by atoms with Crippen LogP contribution in [0.4, 0.5) is 0 Å². The van der Waals surface area contributed by atoms with Gasteiger partial charge in [0.05, 0.1) is 0 Å². The summed E-state index contributed by atoms with van der Waals surface area (Å²) in [6.45, 7) is 1.78. The zero-order chi connectivity index (χ0) is 9.97. The molecule has 0 spiro atoms. The Hall–Kier alpha value is -1.57. The van der Waals surface area contributed by atoms with Crippen molar-refractivity contribution in [3.05, 3.63) is 47.5 Å². The van der Waals surface area contributed by atoms with E-state index in [4.69, 9.17) is 4.74 Å². The first-order chi connectivity index (χ1) is 6.77. The Balaban J connectivity index is 2.20. The molecule has 0 bridgehead atoms. The summed E-state index contributed by atoms with van der Waals surface area (Å²) in [6, 6.07) is 9.82. The maximum Gasteiger partial charge on any atom is 0.334 e. The van der Waals surface area contributed by atoms with E-state index in [0.29, 0.717) is 5.57 Å². The quantitative estimate of drug-likeness (QED) is 0.633. The average molecular weight is 188 g/mol. The van der Waals surface area contributed by atoms with E-state index in [2.05, 4.69) is 0 Å². The largest absolute Gasteiger partial charge is 0.454 e. The summed E-state index contributed by atoms with van der Waals surface area (Å²) in [5.74, 6) is -0.204. The van der Waals surface area contributed by atoms with Gasteiger partial charge in [-0.1, -0.05) is 36.4 Å². The van der Waals surface area contributed by atoms with Crippen LogP contribution in [0.15, 0.2) is 42.0 Å². The highest BCUT2D eigenvalue weighted by Gasteiger charge is 2.21. The van der Waals surface area contributed by atoms with Crippen LogP contribution in [0.3, 0.4) is 0 Å². The summed E-state index contributed by atoms with van der Waals surface area (Å²) in [7, 11) is 0. The molecule has 0 N–H and O–H groups in total. The van der Waals surface area contributed by atoms with Crippen LogP contribution in [0.1, 0.15) is 25.0 Å². The molecule has 0 saturated heterocycles. The Labute approximate surface area is 83.2 Å². The van der Waals surface area contributed by atoms with Gasteiger partial charge < -0.3 is 4.74 Å². The second-order valence-electron chi connectivity index (χ2n) is 3.43. The number of carbonyl (C=O) groups excluding carboxylic acids is 1. The van der Waals surface area contributed by atoms with Crippen molar-refractivity contribution in [1.29, 1.82) is 0 Å². The zero-order valence-electron chi connectivity index (χ0n) is 8.07. The minimum absolute atomic E-state index is 0.104. The van der Waals surface area contributed by atoms with E-state index in [9.17, 15) is 4.79 Å². The van der Waals surface area contributed by atoms with Crippen molar-refractivity contribution in [2.24, 2.45) is 0 Å². The van der Waals surface area contributed by atoms with Crippen molar-refractivity contribution in [1.82, 2.24) is 0 Å². The summed E-state index contributed by atoms with van der Waals surface area (Å²) in [5.41, 5.74) is 1.77. The summed E-state index contributed by atoms with van der Waals surface area (Å²) >= 11 is 0. The molecule has 0 aromatic heterocycles. The van der Waals surface area contributed by atoms with Gasteiger partial charge in [0.25, 0.3) is 0 Å². The van der Waals surface area contributed by atoms with Crippen LogP contribution < -0.4 is 0 Å². The third-order valence-electron chi connectivity index (χ3n) is 2.38. The lowest BCUT2D eigenvalue weighted by Crippen LogP contribution is -2.16.